The first-order chi connectivity index (χ1) is 18.6. The van der Waals surface area contributed by atoms with E-state index in [4.69, 9.17) is 26.4 Å². The first-order valence-corrected chi connectivity index (χ1v) is 13.4. The van der Waals surface area contributed by atoms with Crippen LogP contribution in [0, 0.1) is 11.3 Å². The number of hydrogen-bond acceptors (Lipinski definition) is 8. The predicted molar refractivity (Wildman–Crippen MR) is 148 cm³/mol. The topological polar surface area (TPSA) is 93.6 Å². The van der Waals surface area contributed by atoms with Crippen molar-refractivity contribution in [2.45, 2.75) is 25.3 Å². The number of thiocarbonyl (C=S) groups is 1. The number of ether oxygens (including phenoxy) is 3. The number of nitrogens with zero attached hydrogens (tertiary/aromatic N) is 4. The third-order valence-electron chi connectivity index (χ3n) is 8.28. The normalized spacial score (nSPS) is 22.5. The van der Waals surface area contributed by atoms with Crippen molar-refractivity contribution in [2.75, 3.05) is 55.1 Å². The predicted octanol–water partition coefficient (Wildman–Crippen LogP) is 1.74. The molecule has 2 atom stereocenters. The van der Waals surface area contributed by atoms with Gasteiger partial charge in [-0.2, -0.15) is 0 Å². The van der Waals surface area contributed by atoms with Gasteiger partial charge in [0.1, 0.15) is 5.41 Å². The molecule has 3 aliphatic heterocycles. The zero-order valence-corrected chi connectivity index (χ0v) is 23.7. The maximum Gasteiger partial charge on any atom is 0.250 e. The Labute approximate surface area is 233 Å². The highest BCUT2D eigenvalue weighted by atomic mass is 32.1. The lowest BCUT2D eigenvalue weighted by Crippen LogP contribution is -2.67. The zero-order valence-electron chi connectivity index (χ0n) is 22.9. The summed E-state index contributed by atoms with van der Waals surface area (Å²) in [5, 5.41) is 0.175. The summed E-state index contributed by atoms with van der Waals surface area (Å²) in [4.78, 5) is 45.6. The van der Waals surface area contributed by atoms with Gasteiger partial charge < -0.3 is 23.7 Å². The smallest absolute Gasteiger partial charge is 0.250 e. The van der Waals surface area contributed by atoms with E-state index in [1.54, 1.807) is 38.4 Å². The average molecular weight is 555 g/mol. The molecule has 39 heavy (non-hydrogen) atoms. The molecule has 10 nitrogen and oxygen atoms in total. The number of carbonyl (C=O) groups is 2. The molecule has 1 aromatic carbocycles. The SMILES string of the molecule is COc1cc(CC2(CN3C[C@@H]4C[C@H](C3)c3cccc(=O)n3C4)C(=O)N(C)C(=S)N(C)C2=O)cc(OC)c1OC. The Hall–Kier alpha value is -3.44. The lowest BCUT2D eigenvalue weighted by atomic mass is 9.75. The molecule has 5 rings (SSSR count). The standard InChI is InChI=1S/C28H34N4O6S/c1-29-25(34)28(26(35)30(2)27(29)39,12-17-10-21(36-3)24(38-5)22(11-17)37-4)16-31-13-18-9-19(15-31)20-7-6-8-23(33)32(20)14-18/h6-8,10-11,18-19H,9,12-16H2,1-5H3/t18-,19+/m0/s1. The Morgan fingerprint density at radius 3 is 2.15 bits per heavy atom. The van der Waals surface area contributed by atoms with Crippen molar-refractivity contribution < 1.29 is 23.8 Å². The molecular weight excluding hydrogens is 520 g/mol. The van der Waals surface area contributed by atoms with Crippen LogP contribution in [0.25, 0.3) is 0 Å². The molecular formula is C28H34N4O6S. The summed E-state index contributed by atoms with van der Waals surface area (Å²) in [6.07, 6.45) is 1.10. The van der Waals surface area contributed by atoms with E-state index in [0.717, 1.165) is 12.1 Å². The van der Waals surface area contributed by atoms with Crippen LogP contribution in [0.2, 0.25) is 0 Å². The molecule has 3 aliphatic rings. The number of fused-ring (bicyclic) bond motifs is 4. The van der Waals surface area contributed by atoms with Gasteiger partial charge in [-0.15, -0.1) is 0 Å². The van der Waals surface area contributed by atoms with Crippen molar-refractivity contribution >= 4 is 29.1 Å². The number of rotatable bonds is 7. The van der Waals surface area contributed by atoms with Crippen LogP contribution in [0.1, 0.15) is 23.6 Å². The maximum absolute atomic E-state index is 14.0. The van der Waals surface area contributed by atoms with Gasteiger partial charge in [0.15, 0.2) is 16.6 Å². The molecule has 2 aromatic rings. The highest BCUT2D eigenvalue weighted by Gasteiger charge is 2.55. The summed E-state index contributed by atoms with van der Waals surface area (Å²) in [5.41, 5.74) is 0.316. The van der Waals surface area contributed by atoms with Crippen LogP contribution >= 0.6 is 12.2 Å². The van der Waals surface area contributed by atoms with E-state index < -0.39 is 5.41 Å². The first-order valence-electron chi connectivity index (χ1n) is 12.9. The molecule has 0 saturated carbocycles. The van der Waals surface area contributed by atoms with Crippen LogP contribution < -0.4 is 19.8 Å². The lowest BCUT2D eigenvalue weighted by Gasteiger charge is -2.48. The Bertz CT molecular complexity index is 1340. The molecule has 0 radical (unpaired) electrons. The minimum Gasteiger partial charge on any atom is -0.493 e. The fourth-order valence-corrected chi connectivity index (χ4v) is 6.73. The highest BCUT2D eigenvalue weighted by molar-refractivity contribution is 7.80. The van der Waals surface area contributed by atoms with Crippen molar-refractivity contribution in [3.63, 3.8) is 0 Å². The van der Waals surface area contributed by atoms with E-state index in [2.05, 4.69) is 4.90 Å². The van der Waals surface area contributed by atoms with Crippen LogP contribution in [0.5, 0.6) is 17.2 Å². The van der Waals surface area contributed by atoms with Gasteiger partial charge in [-0.1, -0.05) is 6.07 Å². The number of amides is 2. The molecule has 0 unspecified atom stereocenters. The minimum atomic E-state index is -1.42. The summed E-state index contributed by atoms with van der Waals surface area (Å²) in [7, 11) is 7.82. The molecule has 0 spiro atoms. The summed E-state index contributed by atoms with van der Waals surface area (Å²) < 4.78 is 18.4. The molecule has 1 aromatic heterocycles. The van der Waals surface area contributed by atoms with Gasteiger partial charge in [-0.05, 0) is 54.7 Å². The fraction of sp³-hybridized carbons (Fsp3) is 0.500. The number of piperidine rings is 1. The molecule has 2 bridgehead atoms. The van der Waals surface area contributed by atoms with Crippen LogP contribution in [0.3, 0.4) is 0 Å². The number of aromatic nitrogens is 1. The molecule has 0 aliphatic carbocycles. The number of pyridine rings is 1. The second-order valence-electron chi connectivity index (χ2n) is 10.7. The number of hydrogen-bond donors (Lipinski definition) is 0. The number of benzene rings is 1. The zero-order chi connectivity index (χ0) is 28.1. The molecule has 11 heteroatoms. The second-order valence-corrected chi connectivity index (χ2v) is 11.1. The largest absolute Gasteiger partial charge is 0.493 e. The van der Waals surface area contributed by atoms with Gasteiger partial charge in [0.25, 0.3) is 5.56 Å². The van der Waals surface area contributed by atoms with E-state index in [9.17, 15) is 14.4 Å². The average Bonchev–Trinajstić information content (AvgIpc) is 2.94. The van der Waals surface area contributed by atoms with Crippen molar-refractivity contribution in [3.05, 3.63) is 51.9 Å². The Morgan fingerprint density at radius 1 is 0.923 bits per heavy atom. The summed E-state index contributed by atoms with van der Waals surface area (Å²) in [6.45, 7) is 2.19. The van der Waals surface area contributed by atoms with Gasteiger partial charge in [0.2, 0.25) is 17.6 Å². The van der Waals surface area contributed by atoms with Crippen LogP contribution in [0.15, 0.2) is 35.1 Å². The van der Waals surface area contributed by atoms with E-state index >= 15 is 0 Å². The highest BCUT2D eigenvalue weighted by Crippen LogP contribution is 2.43. The van der Waals surface area contributed by atoms with E-state index in [1.165, 1.54) is 31.1 Å². The van der Waals surface area contributed by atoms with E-state index in [-0.39, 0.29) is 47.3 Å². The molecule has 208 valence electrons. The van der Waals surface area contributed by atoms with Crippen LogP contribution in [-0.2, 0) is 22.6 Å². The molecule has 4 heterocycles. The Kier molecular flexibility index (Phi) is 7.15. The quantitative estimate of drug-likeness (QED) is 0.378. The fourth-order valence-electron chi connectivity index (χ4n) is 6.57. The third-order valence-corrected chi connectivity index (χ3v) is 8.83. The summed E-state index contributed by atoms with van der Waals surface area (Å²) in [5.74, 6) is 1.06. The maximum atomic E-state index is 14.0. The van der Waals surface area contributed by atoms with Crippen molar-refractivity contribution in [1.82, 2.24) is 19.3 Å². The third kappa shape index (κ3) is 4.47. The van der Waals surface area contributed by atoms with Crippen molar-refractivity contribution in [3.8, 4) is 17.2 Å². The second kappa shape index (κ2) is 10.3. The monoisotopic (exact) mass is 554 g/mol. The van der Waals surface area contributed by atoms with Crippen molar-refractivity contribution in [1.29, 1.82) is 0 Å². The van der Waals surface area contributed by atoms with Crippen LogP contribution in [0.4, 0.5) is 0 Å². The van der Waals surface area contributed by atoms with Gasteiger partial charge in [0.05, 0.1) is 21.3 Å². The first kappa shape index (κ1) is 27.1. The number of likely N-dealkylation sites (tertiary alicyclic amines) is 1. The molecule has 2 saturated heterocycles. The Morgan fingerprint density at radius 2 is 1.56 bits per heavy atom. The van der Waals surface area contributed by atoms with Crippen molar-refractivity contribution in [2.24, 2.45) is 11.3 Å². The molecule has 2 amide bonds. The summed E-state index contributed by atoms with van der Waals surface area (Å²) in [6, 6.07) is 8.98. The van der Waals surface area contributed by atoms with Gasteiger partial charge in [-0.3, -0.25) is 24.2 Å². The van der Waals surface area contributed by atoms with Gasteiger partial charge >= 0.3 is 0 Å². The van der Waals surface area contributed by atoms with Crippen LogP contribution in [-0.4, -0.2) is 91.3 Å². The van der Waals surface area contributed by atoms with E-state index in [0.29, 0.717) is 42.4 Å². The number of carbonyl (C=O) groups excluding carboxylic acids is 2. The van der Waals surface area contributed by atoms with E-state index in [1.807, 2.05) is 10.6 Å². The number of methoxy groups -OCH3 is 3. The summed E-state index contributed by atoms with van der Waals surface area (Å²) >= 11 is 5.42. The Balaban J connectivity index is 1.54. The lowest BCUT2D eigenvalue weighted by molar-refractivity contribution is -0.157. The van der Waals surface area contributed by atoms with Gasteiger partial charge in [-0.25, -0.2) is 0 Å². The van der Waals surface area contributed by atoms with Gasteiger partial charge in [0, 0.05) is 58.0 Å². The molecule has 2 fully saturated rings. The minimum absolute atomic E-state index is 0.0175. The molecule has 0 N–H and O–H groups in total.